The van der Waals surface area contributed by atoms with Crippen LogP contribution in [0, 0.1) is 0 Å². The number of ether oxygens (including phenoxy) is 1. The molecule has 2 N–H and O–H groups in total. The molecule has 0 radical (unpaired) electrons. The summed E-state index contributed by atoms with van der Waals surface area (Å²) in [5, 5.41) is 12.8. The van der Waals surface area contributed by atoms with Crippen LogP contribution >= 0.6 is 0 Å². The molecule has 13 heavy (non-hydrogen) atoms. The Kier molecular flexibility index (Phi) is 3.71. The van der Waals surface area contributed by atoms with Gasteiger partial charge in [-0.3, -0.25) is 0 Å². The van der Waals surface area contributed by atoms with Gasteiger partial charge in [0.2, 0.25) is 0 Å². The second-order valence-electron chi connectivity index (χ2n) is 4.34. The molecule has 0 aromatic rings. The van der Waals surface area contributed by atoms with Crippen LogP contribution < -0.4 is 5.32 Å². The van der Waals surface area contributed by atoms with E-state index in [0.29, 0.717) is 12.1 Å². The first-order valence-electron chi connectivity index (χ1n) is 5.03. The number of aliphatic hydroxyl groups excluding tert-OH is 1. The van der Waals surface area contributed by atoms with Crippen LogP contribution in [0.4, 0.5) is 0 Å². The van der Waals surface area contributed by atoms with Gasteiger partial charge in [-0.25, -0.2) is 0 Å². The summed E-state index contributed by atoms with van der Waals surface area (Å²) in [5.41, 5.74) is -0.0884. The zero-order valence-corrected chi connectivity index (χ0v) is 8.84. The van der Waals surface area contributed by atoms with Gasteiger partial charge in [-0.05, 0) is 19.3 Å². The van der Waals surface area contributed by atoms with E-state index in [1.807, 2.05) is 0 Å². The van der Waals surface area contributed by atoms with E-state index >= 15 is 0 Å². The average molecular weight is 187 g/mol. The van der Waals surface area contributed by atoms with Gasteiger partial charge in [0.05, 0.1) is 12.7 Å². The normalized spacial score (nSPS) is 34.4. The summed E-state index contributed by atoms with van der Waals surface area (Å²) in [6.45, 7) is 4.43. The summed E-state index contributed by atoms with van der Waals surface area (Å²) in [5.74, 6) is 0. The Balaban J connectivity index is 2.52. The van der Waals surface area contributed by atoms with Gasteiger partial charge in [0, 0.05) is 18.7 Å². The molecule has 0 bridgehead atoms. The first kappa shape index (κ1) is 11.0. The van der Waals surface area contributed by atoms with E-state index in [-0.39, 0.29) is 12.1 Å². The topological polar surface area (TPSA) is 41.5 Å². The second-order valence-corrected chi connectivity index (χ2v) is 4.34. The standard InChI is InChI=1S/C10H21NO2/c1-8(2)11-10(7-12)5-4-9(6-10)13-3/h8-9,11-12H,4-7H2,1-3H3. The van der Waals surface area contributed by atoms with Crippen molar-refractivity contribution in [3.63, 3.8) is 0 Å². The lowest BCUT2D eigenvalue weighted by Crippen LogP contribution is -2.50. The zero-order valence-electron chi connectivity index (χ0n) is 8.84. The third-order valence-corrected chi connectivity index (χ3v) is 2.79. The highest BCUT2D eigenvalue weighted by molar-refractivity contribution is 4.97. The first-order chi connectivity index (χ1) is 6.12. The molecule has 1 saturated carbocycles. The van der Waals surface area contributed by atoms with Crippen molar-refractivity contribution in [2.75, 3.05) is 13.7 Å². The molecule has 3 heteroatoms. The van der Waals surface area contributed by atoms with Gasteiger partial charge in [-0.2, -0.15) is 0 Å². The van der Waals surface area contributed by atoms with E-state index in [1.165, 1.54) is 0 Å². The number of aliphatic hydroxyl groups is 1. The molecule has 78 valence electrons. The Morgan fingerprint density at radius 2 is 2.31 bits per heavy atom. The first-order valence-corrected chi connectivity index (χ1v) is 5.03. The van der Waals surface area contributed by atoms with Crippen LogP contribution in [0.25, 0.3) is 0 Å². The van der Waals surface area contributed by atoms with Crippen molar-refractivity contribution in [1.29, 1.82) is 0 Å². The highest BCUT2D eigenvalue weighted by Crippen LogP contribution is 2.31. The number of hydrogen-bond acceptors (Lipinski definition) is 3. The molecule has 0 aromatic carbocycles. The van der Waals surface area contributed by atoms with E-state index in [2.05, 4.69) is 19.2 Å². The minimum atomic E-state index is -0.0884. The van der Waals surface area contributed by atoms with E-state index in [4.69, 9.17) is 4.74 Å². The minimum Gasteiger partial charge on any atom is -0.394 e. The van der Waals surface area contributed by atoms with Crippen LogP contribution in [0.15, 0.2) is 0 Å². The molecule has 1 rings (SSSR count). The van der Waals surface area contributed by atoms with Gasteiger partial charge in [-0.15, -0.1) is 0 Å². The van der Waals surface area contributed by atoms with Crippen LogP contribution in [0.1, 0.15) is 33.1 Å². The SMILES string of the molecule is COC1CCC(CO)(NC(C)C)C1. The summed E-state index contributed by atoms with van der Waals surface area (Å²) < 4.78 is 5.30. The Morgan fingerprint density at radius 3 is 2.69 bits per heavy atom. The Hall–Kier alpha value is -0.120. The van der Waals surface area contributed by atoms with Crippen LogP contribution in [-0.4, -0.2) is 36.5 Å². The predicted octanol–water partition coefficient (Wildman–Crippen LogP) is 0.914. The number of methoxy groups -OCH3 is 1. The van der Waals surface area contributed by atoms with Crippen LogP contribution in [0.3, 0.4) is 0 Å². The maximum atomic E-state index is 9.36. The quantitative estimate of drug-likeness (QED) is 0.687. The van der Waals surface area contributed by atoms with Gasteiger partial charge >= 0.3 is 0 Å². The lowest BCUT2D eigenvalue weighted by atomic mass is 9.97. The molecule has 0 amide bonds. The van der Waals surface area contributed by atoms with Gasteiger partial charge in [0.15, 0.2) is 0 Å². The smallest absolute Gasteiger partial charge is 0.0614 e. The molecule has 1 fully saturated rings. The molecule has 2 atom stereocenters. The molecule has 0 saturated heterocycles. The van der Waals surface area contributed by atoms with Crippen LogP contribution in [0.2, 0.25) is 0 Å². The van der Waals surface area contributed by atoms with Gasteiger partial charge in [-0.1, -0.05) is 13.8 Å². The number of nitrogens with one attached hydrogen (secondary N) is 1. The summed E-state index contributed by atoms with van der Waals surface area (Å²) in [4.78, 5) is 0. The zero-order chi connectivity index (χ0) is 9.90. The molecule has 1 aliphatic carbocycles. The second kappa shape index (κ2) is 4.40. The fourth-order valence-corrected chi connectivity index (χ4v) is 2.21. The van der Waals surface area contributed by atoms with Crippen molar-refractivity contribution in [3.8, 4) is 0 Å². The number of hydrogen-bond donors (Lipinski definition) is 2. The monoisotopic (exact) mass is 187 g/mol. The van der Waals surface area contributed by atoms with Crippen molar-refractivity contribution in [3.05, 3.63) is 0 Å². The highest BCUT2D eigenvalue weighted by Gasteiger charge is 2.38. The van der Waals surface area contributed by atoms with Gasteiger partial charge < -0.3 is 15.2 Å². The average Bonchev–Trinajstić information content (AvgIpc) is 2.48. The molecular weight excluding hydrogens is 166 g/mol. The molecule has 0 aliphatic heterocycles. The minimum absolute atomic E-state index is 0.0884. The maximum absolute atomic E-state index is 9.36. The fraction of sp³-hybridized carbons (Fsp3) is 1.00. The third-order valence-electron chi connectivity index (χ3n) is 2.79. The molecule has 0 spiro atoms. The Morgan fingerprint density at radius 1 is 1.62 bits per heavy atom. The van der Waals surface area contributed by atoms with Crippen molar-refractivity contribution < 1.29 is 9.84 Å². The fourth-order valence-electron chi connectivity index (χ4n) is 2.21. The Labute approximate surface area is 80.5 Å². The molecule has 1 aliphatic rings. The molecule has 0 heterocycles. The van der Waals surface area contributed by atoms with E-state index < -0.39 is 0 Å². The summed E-state index contributed by atoms with van der Waals surface area (Å²) in [6.07, 6.45) is 3.31. The molecule has 3 nitrogen and oxygen atoms in total. The summed E-state index contributed by atoms with van der Waals surface area (Å²) in [7, 11) is 1.74. The lowest BCUT2D eigenvalue weighted by molar-refractivity contribution is 0.0860. The van der Waals surface area contributed by atoms with Crippen molar-refractivity contribution in [1.82, 2.24) is 5.32 Å². The highest BCUT2D eigenvalue weighted by atomic mass is 16.5. The van der Waals surface area contributed by atoms with E-state index in [9.17, 15) is 5.11 Å². The maximum Gasteiger partial charge on any atom is 0.0614 e. The number of rotatable bonds is 4. The molecule has 0 aromatic heterocycles. The molecular formula is C10H21NO2. The lowest BCUT2D eigenvalue weighted by Gasteiger charge is -2.30. The van der Waals surface area contributed by atoms with Gasteiger partial charge in [0.25, 0.3) is 0 Å². The van der Waals surface area contributed by atoms with Crippen molar-refractivity contribution in [2.45, 2.75) is 50.8 Å². The Bertz CT molecular complexity index is 161. The van der Waals surface area contributed by atoms with Crippen LogP contribution in [0.5, 0.6) is 0 Å². The van der Waals surface area contributed by atoms with Crippen molar-refractivity contribution in [2.24, 2.45) is 0 Å². The summed E-state index contributed by atoms with van der Waals surface area (Å²) in [6, 6.07) is 0.419. The molecule has 2 unspecified atom stereocenters. The third kappa shape index (κ3) is 2.66. The van der Waals surface area contributed by atoms with Crippen molar-refractivity contribution >= 4 is 0 Å². The van der Waals surface area contributed by atoms with Gasteiger partial charge in [0.1, 0.15) is 0 Å². The largest absolute Gasteiger partial charge is 0.394 e. The predicted molar refractivity (Wildman–Crippen MR) is 52.7 cm³/mol. The van der Waals surface area contributed by atoms with E-state index in [0.717, 1.165) is 19.3 Å². The van der Waals surface area contributed by atoms with Crippen LogP contribution in [-0.2, 0) is 4.74 Å². The summed E-state index contributed by atoms with van der Waals surface area (Å²) >= 11 is 0. The van der Waals surface area contributed by atoms with E-state index in [1.54, 1.807) is 7.11 Å².